The van der Waals surface area contributed by atoms with Crippen molar-refractivity contribution in [3.63, 3.8) is 0 Å². The van der Waals surface area contributed by atoms with Crippen molar-refractivity contribution in [2.75, 3.05) is 0 Å². The molecule has 0 heterocycles. The molecule has 0 radical (unpaired) electrons. The molecule has 0 aliphatic rings. The molecular weight excluding hydrogens is 342 g/mol. The SMILES string of the molecule is Clc1ccc(-c2cccc(Cl)c2CBr)c(Cl)c1. The summed E-state index contributed by atoms with van der Waals surface area (Å²) in [4.78, 5) is 0. The lowest BCUT2D eigenvalue weighted by Gasteiger charge is -2.11. The normalized spacial score (nSPS) is 10.6. The Morgan fingerprint density at radius 2 is 1.65 bits per heavy atom. The Bertz CT molecular complexity index is 552. The molecule has 0 bridgehead atoms. The average molecular weight is 350 g/mol. The summed E-state index contributed by atoms with van der Waals surface area (Å²) in [5.74, 6) is 0. The standard InChI is InChI=1S/C13H8BrCl3/c14-7-11-9(2-1-3-12(11)16)10-5-4-8(15)6-13(10)17/h1-6H,7H2. The minimum absolute atomic E-state index is 0.626. The summed E-state index contributed by atoms with van der Waals surface area (Å²) >= 11 is 21.7. The summed E-state index contributed by atoms with van der Waals surface area (Å²) in [5, 5.41) is 2.66. The zero-order chi connectivity index (χ0) is 12.4. The van der Waals surface area contributed by atoms with Gasteiger partial charge in [-0.15, -0.1) is 0 Å². The summed E-state index contributed by atoms with van der Waals surface area (Å²) in [6.07, 6.45) is 0. The molecule has 0 nitrogen and oxygen atoms in total. The number of hydrogen-bond acceptors (Lipinski definition) is 0. The van der Waals surface area contributed by atoms with Gasteiger partial charge in [-0.3, -0.25) is 0 Å². The molecule has 0 aliphatic carbocycles. The van der Waals surface area contributed by atoms with Gasteiger partial charge in [0.05, 0.1) is 0 Å². The molecule has 0 atom stereocenters. The van der Waals surface area contributed by atoms with Crippen LogP contribution in [0.2, 0.25) is 15.1 Å². The molecule has 0 aliphatic heterocycles. The van der Waals surface area contributed by atoms with Crippen molar-refractivity contribution in [2.45, 2.75) is 5.33 Å². The molecule has 2 rings (SSSR count). The highest BCUT2D eigenvalue weighted by atomic mass is 79.9. The molecule has 4 heteroatoms. The Labute approximate surface area is 124 Å². The Kier molecular flexibility index (Phi) is 4.37. The summed E-state index contributed by atoms with van der Waals surface area (Å²) in [7, 11) is 0. The van der Waals surface area contributed by atoms with Gasteiger partial charge in [-0.2, -0.15) is 0 Å². The maximum Gasteiger partial charge on any atom is 0.0499 e. The molecule has 0 fully saturated rings. The second kappa shape index (κ2) is 5.62. The van der Waals surface area contributed by atoms with Gasteiger partial charge in [0.1, 0.15) is 0 Å². The van der Waals surface area contributed by atoms with Crippen LogP contribution in [0.15, 0.2) is 36.4 Å². The van der Waals surface area contributed by atoms with Crippen molar-refractivity contribution in [1.82, 2.24) is 0 Å². The highest BCUT2D eigenvalue weighted by Crippen LogP contribution is 2.36. The molecule has 0 amide bonds. The smallest absolute Gasteiger partial charge is 0.0499 e. The lowest BCUT2D eigenvalue weighted by Crippen LogP contribution is -1.88. The van der Waals surface area contributed by atoms with Crippen LogP contribution in [0.3, 0.4) is 0 Å². The van der Waals surface area contributed by atoms with Crippen LogP contribution >= 0.6 is 50.7 Å². The van der Waals surface area contributed by atoms with E-state index in [0.717, 1.165) is 21.7 Å². The van der Waals surface area contributed by atoms with Crippen LogP contribution in [0.5, 0.6) is 0 Å². The van der Waals surface area contributed by atoms with E-state index in [1.54, 1.807) is 6.07 Å². The molecule has 2 aromatic carbocycles. The first-order valence-corrected chi connectivity index (χ1v) is 7.18. The third kappa shape index (κ3) is 2.79. The lowest BCUT2D eigenvalue weighted by molar-refractivity contribution is 1.43. The molecule has 2 aromatic rings. The van der Waals surface area contributed by atoms with Crippen molar-refractivity contribution >= 4 is 50.7 Å². The van der Waals surface area contributed by atoms with Crippen molar-refractivity contribution in [3.8, 4) is 11.1 Å². The van der Waals surface area contributed by atoms with Crippen LogP contribution < -0.4 is 0 Å². The maximum atomic E-state index is 6.20. The van der Waals surface area contributed by atoms with Gasteiger partial charge in [0.25, 0.3) is 0 Å². The highest BCUT2D eigenvalue weighted by Gasteiger charge is 2.10. The van der Waals surface area contributed by atoms with Gasteiger partial charge in [-0.1, -0.05) is 68.9 Å². The quantitative estimate of drug-likeness (QED) is 0.565. The fraction of sp³-hybridized carbons (Fsp3) is 0.0769. The van der Waals surface area contributed by atoms with E-state index in [4.69, 9.17) is 34.8 Å². The maximum absolute atomic E-state index is 6.20. The van der Waals surface area contributed by atoms with Crippen LogP contribution in [0.1, 0.15) is 5.56 Å². The second-order valence-corrected chi connectivity index (χ2v) is 5.34. The van der Waals surface area contributed by atoms with Crippen LogP contribution in [-0.4, -0.2) is 0 Å². The van der Waals surface area contributed by atoms with Crippen molar-refractivity contribution in [2.24, 2.45) is 0 Å². The fourth-order valence-electron chi connectivity index (χ4n) is 1.65. The average Bonchev–Trinajstić information content (AvgIpc) is 2.29. The van der Waals surface area contributed by atoms with Crippen LogP contribution in [-0.2, 0) is 5.33 Å². The number of benzene rings is 2. The van der Waals surface area contributed by atoms with E-state index in [9.17, 15) is 0 Å². The van der Waals surface area contributed by atoms with Crippen molar-refractivity contribution in [1.29, 1.82) is 0 Å². The van der Waals surface area contributed by atoms with Crippen molar-refractivity contribution in [3.05, 3.63) is 57.0 Å². The van der Waals surface area contributed by atoms with Gasteiger partial charge in [0, 0.05) is 26.0 Å². The Morgan fingerprint density at radius 3 is 2.29 bits per heavy atom. The molecule has 0 saturated heterocycles. The highest BCUT2D eigenvalue weighted by molar-refractivity contribution is 9.08. The Hall–Kier alpha value is -0.210. The number of alkyl halides is 1. The van der Waals surface area contributed by atoms with E-state index < -0.39 is 0 Å². The molecular formula is C13H8BrCl3. The third-order valence-electron chi connectivity index (χ3n) is 2.47. The van der Waals surface area contributed by atoms with Gasteiger partial charge in [0.2, 0.25) is 0 Å². The Balaban J connectivity index is 2.64. The van der Waals surface area contributed by atoms with Crippen LogP contribution in [0.4, 0.5) is 0 Å². The Morgan fingerprint density at radius 1 is 0.882 bits per heavy atom. The number of halogens is 4. The van der Waals surface area contributed by atoms with E-state index in [1.807, 2.05) is 30.3 Å². The predicted molar refractivity (Wildman–Crippen MR) is 79.5 cm³/mol. The number of rotatable bonds is 2. The molecule has 88 valence electrons. The van der Waals surface area contributed by atoms with Crippen molar-refractivity contribution < 1.29 is 0 Å². The van der Waals surface area contributed by atoms with E-state index in [2.05, 4.69) is 15.9 Å². The van der Waals surface area contributed by atoms with Gasteiger partial charge in [0.15, 0.2) is 0 Å². The first-order valence-electron chi connectivity index (χ1n) is 4.92. The van der Waals surface area contributed by atoms with E-state index >= 15 is 0 Å². The summed E-state index contributed by atoms with van der Waals surface area (Å²) < 4.78 is 0. The first kappa shape index (κ1) is 13.2. The largest absolute Gasteiger partial charge is 0.0875 e. The molecule has 0 saturated carbocycles. The zero-order valence-corrected chi connectivity index (χ0v) is 12.5. The molecule has 17 heavy (non-hydrogen) atoms. The van der Waals surface area contributed by atoms with Crippen LogP contribution in [0, 0.1) is 0 Å². The van der Waals surface area contributed by atoms with Gasteiger partial charge in [-0.25, -0.2) is 0 Å². The summed E-state index contributed by atoms with van der Waals surface area (Å²) in [6, 6.07) is 11.2. The summed E-state index contributed by atoms with van der Waals surface area (Å²) in [6.45, 7) is 0. The topological polar surface area (TPSA) is 0 Å². The minimum atomic E-state index is 0.626. The third-order valence-corrected chi connectivity index (χ3v) is 3.94. The minimum Gasteiger partial charge on any atom is -0.0875 e. The van der Waals surface area contributed by atoms with E-state index in [-0.39, 0.29) is 0 Å². The number of hydrogen-bond donors (Lipinski definition) is 0. The molecule has 0 aromatic heterocycles. The summed E-state index contributed by atoms with van der Waals surface area (Å²) in [5.41, 5.74) is 2.99. The molecule has 0 unspecified atom stereocenters. The van der Waals surface area contributed by atoms with Gasteiger partial charge in [-0.05, 0) is 29.3 Å². The second-order valence-electron chi connectivity index (χ2n) is 3.52. The van der Waals surface area contributed by atoms with Crippen LogP contribution in [0.25, 0.3) is 11.1 Å². The molecule has 0 spiro atoms. The fourth-order valence-corrected chi connectivity index (χ4v) is 3.17. The van der Waals surface area contributed by atoms with E-state index in [1.165, 1.54) is 0 Å². The predicted octanol–water partition coefficient (Wildman–Crippen LogP) is 6.21. The first-order chi connectivity index (χ1) is 8.13. The van der Waals surface area contributed by atoms with E-state index in [0.29, 0.717) is 15.4 Å². The van der Waals surface area contributed by atoms with Gasteiger partial charge >= 0.3 is 0 Å². The van der Waals surface area contributed by atoms with Gasteiger partial charge < -0.3 is 0 Å². The monoisotopic (exact) mass is 348 g/mol. The molecule has 0 N–H and O–H groups in total. The lowest BCUT2D eigenvalue weighted by atomic mass is 10.0. The zero-order valence-electron chi connectivity index (χ0n) is 8.68.